The molecule has 0 aromatic heterocycles. The fourth-order valence-electron chi connectivity index (χ4n) is 1.95. The van der Waals surface area contributed by atoms with E-state index < -0.39 is 10.0 Å². The first-order chi connectivity index (χ1) is 8.95. The number of sulfonamides is 1. The van der Waals surface area contributed by atoms with Gasteiger partial charge in [0, 0.05) is 5.02 Å². The van der Waals surface area contributed by atoms with Crippen LogP contribution < -0.4 is 4.90 Å². The largest absolute Gasteiger partial charge is 0.299 e. The smallest absolute Gasteiger partial charge is 0.272 e. The second-order valence-corrected chi connectivity index (χ2v) is 7.00. The van der Waals surface area contributed by atoms with Crippen molar-refractivity contribution in [2.45, 2.75) is 4.90 Å². The van der Waals surface area contributed by atoms with Crippen LogP contribution in [0.1, 0.15) is 0 Å². The van der Waals surface area contributed by atoms with E-state index >= 15 is 0 Å². The summed E-state index contributed by atoms with van der Waals surface area (Å²) in [6, 6.07) is 4.35. The van der Waals surface area contributed by atoms with Crippen molar-refractivity contribution in [2.24, 2.45) is 0 Å². The summed E-state index contributed by atoms with van der Waals surface area (Å²) in [6.07, 6.45) is 0.802. The summed E-state index contributed by atoms with van der Waals surface area (Å²) in [5, 5.41) is 0.467. The molecule has 0 spiro atoms. The van der Waals surface area contributed by atoms with Crippen LogP contribution in [0, 0.1) is 0 Å². The zero-order valence-corrected chi connectivity index (χ0v) is 12.3. The van der Waals surface area contributed by atoms with Crippen LogP contribution in [0.2, 0.25) is 10.0 Å². The van der Waals surface area contributed by atoms with Gasteiger partial charge in [-0.15, -0.1) is 0 Å². The van der Waals surface area contributed by atoms with E-state index in [-0.39, 0.29) is 9.92 Å². The number of hydrogen-bond acceptors (Lipinski definition) is 3. The van der Waals surface area contributed by atoms with Crippen molar-refractivity contribution in [3.8, 4) is 0 Å². The molecule has 8 heteroatoms. The third-order valence-corrected chi connectivity index (χ3v) is 5.66. The number of benzene rings is 1. The van der Waals surface area contributed by atoms with Crippen molar-refractivity contribution < 1.29 is 18.1 Å². The van der Waals surface area contributed by atoms with Gasteiger partial charge in [-0.05, 0) is 18.2 Å². The minimum Gasteiger partial charge on any atom is -0.272 e. The highest BCUT2D eigenvalue weighted by molar-refractivity contribution is 7.89. The van der Waals surface area contributed by atoms with Gasteiger partial charge in [0.2, 0.25) is 10.0 Å². The summed E-state index contributed by atoms with van der Waals surface area (Å²) in [5.41, 5.74) is 0. The van der Waals surface area contributed by atoms with Crippen molar-refractivity contribution >= 4 is 39.6 Å². The maximum atomic E-state index is 12.4. The summed E-state index contributed by atoms with van der Waals surface area (Å²) in [4.78, 5) is 11.4. The molecule has 1 heterocycles. The van der Waals surface area contributed by atoms with Gasteiger partial charge in [0.05, 0.1) is 31.2 Å². The van der Waals surface area contributed by atoms with E-state index in [1.165, 1.54) is 22.5 Å². The summed E-state index contributed by atoms with van der Waals surface area (Å²) >= 11 is 11.7. The number of carbonyl (C=O) groups excluding carboxylic acids is 1. The number of hydrogen-bond donors (Lipinski definition) is 1. The Hall–Kier alpha value is -0.660. The monoisotopic (exact) mass is 323 g/mol. The van der Waals surface area contributed by atoms with Crippen LogP contribution in [0.4, 0.5) is 0 Å². The molecular formula is C11H13Cl2N2O3S+. The number of nitrogens with zero attached hydrogens (tertiary/aromatic N) is 1. The predicted octanol–water partition coefficient (Wildman–Crippen LogP) is 0.0390. The Kier molecular flexibility index (Phi) is 4.47. The van der Waals surface area contributed by atoms with E-state index in [2.05, 4.69) is 0 Å². The van der Waals surface area contributed by atoms with Crippen LogP contribution in [0.3, 0.4) is 0 Å². The first-order valence-corrected chi connectivity index (χ1v) is 7.90. The average molecular weight is 324 g/mol. The topological polar surface area (TPSA) is 58.9 Å². The number of amides is 1. The zero-order chi connectivity index (χ0) is 14.0. The summed E-state index contributed by atoms with van der Waals surface area (Å²) in [7, 11) is -3.66. The lowest BCUT2D eigenvalue weighted by molar-refractivity contribution is -0.815. The van der Waals surface area contributed by atoms with Gasteiger partial charge in [0.25, 0.3) is 6.41 Å². The molecule has 1 aromatic rings. The highest BCUT2D eigenvalue weighted by Crippen LogP contribution is 2.27. The Morgan fingerprint density at radius 2 is 1.84 bits per heavy atom. The molecule has 0 atom stereocenters. The number of quaternary nitrogens is 1. The molecule has 2 rings (SSSR count). The van der Waals surface area contributed by atoms with E-state index in [1.807, 2.05) is 0 Å². The molecular weight excluding hydrogens is 311 g/mol. The van der Waals surface area contributed by atoms with Crippen molar-refractivity contribution in [3.63, 3.8) is 0 Å². The van der Waals surface area contributed by atoms with Gasteiger partial charge >= 0.3 is 0 Å². The normalized spacial score (nSPS) is 18.4. The third-order valence-electron chi connectivity index (χ3n) is 3.04. The fraction of sp³-hybridized carbons (Fsp3) is 0.364. The van der Waals surface area contributed by atoms with Crippen LogP contribution in [-0.4, -0.2) is 45.3 Å². The van der Waals surface area contributed by atoms with Crippen LogP contribution in [0.25, 0.3) is 0 Å². The molecule has 1 aliphatic heterocycles. The molecule has 1 aromatic carbocycles. The maximum Gasteiger partial charge on any atom is 0.299 e. The van der Waals surface area contributed by atoms with Crippen LogP contribution in [-0.2, 0) is 14.8 Å². The molecule has 0 aliphatic carbocycles. The van der Waals surface area contributed by atoms with E-state index in [9.17, 15) is 13.2 Å². The molecule has 1 saturated heterocycles. The quantitative estimate of drug-likeness (QED) is 0.799. The molecule has 5 nitrogen and oxygen atoms in total. The zero-order valence-electron chi connectivity index (χ0n) is 9.97. The predicted molar refractivity (Wildman–Crippen MR) is 72.0 cm³/mol. The lowest BCUT2D eigenvalue weighted by Crippen LogP contribution is -3.14. The van der Waals surface area contributed by atoms with Gasteiger partial charge in [-0.3, -0.25) is 4.90 Å². The average Bonchev–Trinajstić information content (AvgIpc) is 2.41. The molecule has 0 radical (unpaired) electrons. The van der Waals surface area contributed by atoms with Crippen LogP contribution in [0.5, 0.6) is 0 Å². The highest BCUT2D eigenvalue weighted by Gasteiger charge is 2.31. The van der Waals surface area contributed by atoms with Gasteiger partial charge in [0.15, 0.2) is 0 Å². The Morgan fingerprint density at radius 3 is 2.42 bits per heavy atom. The van der Waals surface area contributed by atoms with E-state index in [0.717, 1.165) is 11.3 Å². The van der Waals surface area contributed by atoms with Gasteiger partial charge in [-0.1, -0.05) is 23.2 Å². The summed E-state index contributed by atoms with van der Waals surface area (Å²) in [5.74, 6) is 0. The van der Waals surface area contributed by atoms with Crippen LogP contribution >= 0.6 is 23.2 Å². The summed E-state index contributed by atoms with van der Waals surface area (Å²) in [6.45, 7) is 1.50. The number of halogens is 2. The SMILES string of the molecule is O=C[NH+]1CCN(S(=O)(=O)c2cc(Cl)ccc2Cl)CC1. The second-order valence-electron chi connectivity index (χ2n) is 4.25. The maximum absolute atomic E-state index is 12.4. The number of nitrogens with one attached hydrogen (secondary N) is 1. The van der Waals surface area contributed by atoms with Gasteiger partial charge in [0.1, 0.15) is 4.90 Å². The second kappa shape index (κ2) is 5.76. The van der Waals surface area contributed by atoms with Gasteiger partial charge < -0.3 is 0 Å². The van der Waals surface area contributed by atoms with Crippen molar-refractivity contribution in [3.05, 3.63) is 28.2 Å². The van der Waals surface area contributed by atoms with Gasteiger partial charge in [-0.25, -0.2) is 13.2 Å². The first-order valence-electron chi connectivity index (χ1n) is 5.70. The Labute approximate surface area is 121 Å². The molecule has 19 heavy (non-hydrogen) atoms. The molecule has 1 amide bonds. The summed E-state index contributed by atoms with van der Waals surface area (Å²) < 4.78 is 26.2. The fourth-order valence-corrected chi connectivity index (χ4v) is 4.12. The third kappa shape index (κ3) is 3.09. The minimum absolute atomic E-state index is 0.0104. The number of carbonyl (C=O) groups is 1. The Balaban J connectivity index is 2.28. The molecule has 0 unspecified atom stereocenters. The molecule has 1 aliphatic rings. The van der Waals surface area contributed by atoms with E-state index in [4.69, 9.17) is 23.2 Å². The standard InChI is InChI=1S/C11H12Cl2N2O3S/c12-9-1-2-10(13)11(7-9)19(17,18)15-5-3-14(8-16)4-6-15/h1-2,7-8H,3-6H2/p+1. The van der Waals surface area contributed by atoms with Crippen molar-refractivity contribution in [2.75, 3.05) is 26.2 Å². The van der Waals surface area contributed by atoms with E-state index in [1.54, 1.807) is 0 Å². The number of rotatable bonds is 3. The Morgan fingerprint density at radius 1 is 1.21 bits per heavy atom. The minimum atomic E-state index is -3.66. The molecule has 0 saturated carbocycles. The Bertz CT molecular complexity index is 584. The molecule has 0 bridgehead atoms. The lowest BCUT2D eigenvalue weighted by Gasteiger charge is -2.28. The van der Waals surface area contributed by atoms with Gasteiger partial charge in [-0.2, -0.15) is 4.31 Å². The molecule has 1 N–H and O–H groups in total. The lowest BCUT2D eigenvalue weighted by atomic mass is 10.4. The molecule has 104 valence electrons. The molecule has 1 fully saturated rings. The van der Waals surface area contributed by atoms with Crippen molar-refractivity contribution in [1.82, 2.24) is 4.31 Å². The van der Waals surface area contributed by atoms with Crippen LogP contribution in [0.15, 0.2) is 23.1 Å². The van der Waals surface area contributed by atoms with Crippen molar-refractivity contribution in [1.29, 1.82) is 0 Å². The number of piperazine rings is 1. The van der Waals surface area contributed by atoms with E-state index in [0.29, 0.717) is 31.2 Å². The highest BCUT2D eigenvalue weighted by atomic mass is 35.5. The first kappa shape index (κ1) is 14.7.